The molecule has 1 aromatic carbocycles. The lowest BCUT2D eigenvalue weighted by atomic mass is 9.91. The molecule has 1 aliphatic carbocycles. The summed E-state index contributed by atoms with van der Waals surface area (Å²) >= 11 is 6.19. The quantitative estimate of drug-likeness (QED) is 0.839. The monoisotopic (exact) mass is 237 g/mol. The third-order valence-electron chi connectivity index (χ3n) is 3.93. The van der Waals surface area contributed by atoms with Gasteiger partial charge in [-0.3, -0.25) is 0 Å². The fourth-order valence-corrected chi connectivity index (χ4v) is 3.07. The topological polar surface area (TPSA) is 26.0 Å². The standard InChI is InChI=1S/C14H20ClN/c1-2-10-7-8-11(9-10)14(16)12-5-3-4-6-13(12)15/h3-6,10-11,14H,2,7-9,16H2,1H3. The second-order valence-corrected chi connectivity index (χ2v) is 5.30. The molecule has 1 aromatic rings. The van der Waals surface area contributed by atoms with Crippen molar-refractivity contribution in [3.05, 3.63) is 34.9 Å². The maximum Gasteiger partial charge on any atom is 0.0453 e. The highest BCUT2D eigenvalue weighted by molar-refractivity contribution is 6.31. The Morgan fingerprint density at radius 3 is 2.75 bits per heavy atom. The number of rotatable bonds is 3. The fraction of sp³-hybridized carbons (Fsp3) is 0.571. The van der Waals surface area contributed by atoms with E-state index in [1.54, 1.807) is 0 Å². The lowest BCUT2D eigenvalue weighted by Crippen LogP contribution is -2.19. The highest BCUT2D eigenvalue weighted by atomic mass is 35.5. The summed E-state index contributed by atoms with van der Waals surface area (Å²) in [6.07, 6.45) is 5.14. The van der Waals surface area contributed by atoms with Gasteiger partial charge in [-0.2, -0.15) is 0 Å². The van der Waals surface area contributed by atoms with Crippen LogP contribution in [-0.2, 0) is 0 Å². The minimum Gasteiger partial charge on any atom is -0.324 e. The van der Waals surface area contributed by atoms with Crippen molar-refractivity contribution in [2.24, 2.45) is 17.6 Å². The first-order valence-electron chi connectivity index (χ1n) is 6.22. The third-order valence-corrected chi connectivity index (χ3v) is 4.28. The predicted molar refractivity (Wildman–Crippen MR) is 69.5 cm³/mol. The molecule has 88 valence electrons. The molecular formula is C14H20ClN. The molecule has 0 bridgehead atoms. The first-order chi connectivity index (χ1) is 7.72. The summed E-state index contributed by atoms with van der Waals surface area (Å²) in [6, 6.07) is 8.09. The van der Waals surface area contributed by atoms with E-state index in [2.05, 4.69) is 13.0 Å². The van der Waals surface area contributed by atoms with Gasteiger partial charge in [-0.1, -0.05) is 49.6 Å². The van der Waals surface area contributed by atoms with Crippen LogP contribution < -0.4 is 5.73 Å². The van der Waals surface area contributed by atoms with Crippen LogP contribution in [0, 0.1) is 11.8 Å². The van der Waals surface area contributed by atoms with Gasteiger partial charge in [-0.25, -0.2) is 0 Å². The molecule has 16 heavy (non-hydrogen) atoms. The molecule has 3 atom stereocenters. The molecule has 3 unspecified atom stereocenters. The minimum atomic E-state index is 0.116. The van der Waals surface area contributed by atoms with Crippen molar-refractivity contribution >= 4 is 11.6 Å². The Bertz CT molecular complexity index is 350. The molecule has 0 heterocycles. The number of hydrogen-bond donors (Lipinski definition) is 1. The third kappa shape index (κ3) is 2.41. The molecule has 2 N–H and O–H groups in total. The van der Waals surface area contributed by atoms with Crippen LogP contribution in [0.3, 0.4) is 0 Å². The average Bonchev–Trinajstić information content (AvgIpc) is 2.77. The second-order valence-electron chi connectivity index (χ2n) is 4.89. The molecule has 0 saturated heterocycles. The van der Waals surface area contributed by atoms with Gasteiger partial charge in [-0.05, 0) is 36.3 Å². The van der Waals surface area contributed by atoms with E-state index in [0.717, 1.165) is 16.5 Å². The summed E-state index contributed by atoms with van der Waals surface area (Å²) in [5.41, 5.74) is 7.45. The summed E-state index contributed by atoms with van der Waals surface area (Å²) < 4.78 is 0. The zero-order valence-corrected chi connectivity index (χ0v) is 10.6. The lowest BCUT2D eigenvalue weighted by Gasteiger charge is -2.20. The van der Waals surface area contributed by atoms with Crippen LogP contribution in [0.15, 0.2) is 24.3 Å². The van der Waals surface area contributed by atoms with E-state index in [0.29, 0.717) is 5.92 Å². The molecule has 1 aliphatic rings. The van der Waals surface area contributed by atoms with Crippen molar-refractivity contribution in [2.75, 3.05) is 0 Å². The number of nitrogens with two attached hydrogens (primary N) is 1. The van der Waals surface area contributed by atoms with E-state index in [1.807, 2.05) is 18.2 Å². The first kappa shape index (κ1) is 11.9. The Kier molecular flexibility index (Phi) is 3.88. The van der Waals surface area contributed by atoms with Crippen molar-refractivity contribution in [1.29, 1.82) is 0 Å². The number of benzene rings is 1. The van der Waals surface area contributed by atoms with E-state index >= 15 is 0 Å². The highest BCUT2D eigenvalue weighted by Crippen LogP contribution is 2.40. The largest absolute Gasteiger partial charge is 0.324 e. The Morgan fingerprint density at radius 2 is 2.12 bits per heavy atom. The SMILES string of the molecule is CCC1CCC(C(N)c2ccccc2Cl)C1. The zero-order valence-electron chi connectivity index (χ0n) is 9.83. The number of hydrogen-bond acceptors (Lipinski definition) is 1. The van der Waals surface area contributed by atoms with Crippen LogP contribution in [0.25, 0.3) is 0 Å². The molecule has 1 saturated carbocycles. The number of halogens is 1. The minimum absolute atomic E-state index is 0.116. The molecule has 0 amide bonds. The van der Waals surface area contributed by atoms with Gasteiger partial charge in [0.2, 0.25) is 0 Å². The van der Waals surface area contributed by atoms with Crippen molar-refractivity contribution in [3.8, 4) is 0 Å². The van der Waals surface area contributed by atoms with Crippen molar-refractivity contribution in [2.45, 2.75) is 38.6 Å². The Balaban J connectivity index is 2.08. The molecule has 0 aromatic heterocycles. The normalized spacial score (nSPS) is 26.9. The van der Waals surface area contributed by atoms with E-state index in [-0.39, 0.29) is 6.04 Å². The van der Waals surface area contributed by atoms with Crippen LogP contribution in [0.2, 0.25) is 5.02 Å². The molecule has 1 fully saturated rings. The van der Waals surface area contributed by atoms with Gasteiger partial charge >= 0.3 is 0 Å². The molecule has 2 rings (SSSR count). The van der Waals surface area contributed by atoms with Gasteiger partial charge in [0.25, 0.3) is 0 Å². The molecular weight excluding hydrogens is 218 g/mol. The molecule has 1 nitrogen and oxygen atoms in total. The van der Waals surface area contributed by atoms with Crippen molar-refractivity contribution < 1.29 is 0 Å². The second kappa shape index (κ2) is 5.20. The predicted octanol–water partition coefficient (Wildman–Crippen LogP) is 4.17. The first-order valence-corrected chi connectivity index (χ1v) is 6.60. The maximum absolute atomic E-state index is 6.33. The van der Waals surface area contributed by atoms with Crippen LogP contribution in [0.4, 0.5) is 0 Å². The summed E-state index contributed by atoms with van der Waals surface area (Å²) in [7, 11) is 0. The summed E-state index contributed by atoms with van der Waals surface area (Å²) in [6.45, 7) is 2.27. The highest BCUT2D eigenvalue weighted by Gasteiger charge is 2.29. The van der Waals surface area contributed by atoms with Crippen LogP contribution in [0.5, 0.6) is 0 Å². The lowest BCUT2D eigenvalue weighted by molar-refractivity contribution is 0.416. The fourth-order valence-electron chi connectivity index (χ4n) is 2.81. The van der Waals surface area contributed by atoms with Gasteiger partial charge in [0.05, 0.1) is 0 Å². The zero-order chi connectivity index (χ0) is 11.5. The van der Waals surface area contributed by atoms with Gasteiger partial charge in [-0.15, -0.1) is 0 Å². The van der Waals surface area contributed by atoms with Crippen molar-refractivity contribution in [1.82, 2.24) is 0 Å². The smallest absolute Gasteiger partial charge is 0.0453 e. The summed E-state index contributed by atoms with van der Waals surface area (Å²) in [4.78, 5) is 0. The Morgan fingerprint density at radius 1 is 1.38 bits per heavy atom. The van der Waals surface area contributed by atoms with E-state index in [4.69, 9.17) is 17.3 Å². The molecule has 2 heteroatoms. The Labute approximate surface area is 103 Å². The molecule has 0 radical (unpaired) electrons. The van der Waals surface area contributed by atoms with E-state index < -0.39 is 0 Å². The van der Waals surface area contributed by atoms with E-state index in [9.17, 15) is 0 Å². The van der Waals surface area contributed by atoms with Gasteiger partial charge in [0.15, 0.2) is 0 Å². The van der Waals surface area contributed by atoms with Gasteiger partial charge in [0.1, 0.15) is 0 Å². The Hall–Kier alpha value is -0.530. The van der Waals surface area contributed by atoms with Crippen LogP contribution >= 0.6 is 11.6 Å². The van der Waals surface area contributed by atoms with Crippen molar-refractivity contribution in [3.63, 3.8) is 0 Å². The summed E-state index contributed by atoms with van der Waals surface area (Å²) in [5, 5.41) is 0.815. The average molecular weight is 238 g/mol. The van der Waals surface area contributed by atoms with Gasteiger partial charge in [0, 0.05) is 11.1 Å². The maximum atomic E-state index is 6.33. The van der Waals surface area contributed by atoms with E-state index in [1.165, 1.54) is 25.7 Å². The summed E-state index contributed by atoms with van der Waals surface area (Å²) in [5.74, 6) is 1.49. The molecule has 0 aliphatic heterocycles. The molecule has 0 spiro atoms. The van der Waals surface area contributed by atoms with Crippen LogP contribution in [0.1, 0.15) is 44.2 Å². The van der Waals surface area contributed by atoms with Crippen LogP contribution in [-0.4, -0.2) is 0 Å². The van der Waals surface area contributed by atoms with Gasteiger partial charge < -0.3 is 5.73 Å².